The monoisotopic (exact) mass is 259 g/mol. The molecule has 1 heterocycles. The summed E-state index contributed by atoms with van der Waals surface area (Å²) in [5, 5.41) is 13.3. The van der Waals surface area contributed by atoms with Gasteiger partial charge < -0.3 is 10.8 Å². The number of rotatable bonds is 4. The zero-order valence-corrected chi connectivity index (χ0v) is 11.0. The van der Waals surface area contributed by atoms with E-state index in [9.17, 15) is 4.79 Å². The number of benzene rings is 1. The number of nitrogens with zero attached hydrogens (tertiary/aromatic N) is 2. The van der Waals surface area contributed by atoms with Gasteiger partial charge in [-0.3, -0.25) is 0 Å². The van der Waals surface area contributed by atoms with Crippen molar-refractivity contribution in [2.24, 2.45) is 5.73 Å². The van der Waals surface area contributed by atoms with E-state index in [0.717, 1.165) is 11.4 Å². The molecule has 2 aromatic rings. The molecular formula is C14H17N3O2. The average molecular weight is 259 g/mol. The van der Waals surface area contributed by atoms with Crippen molar-refractivity contribution in [3.05, 3.63) is 47.8 Å². The summed E-state index contributed by atoms with van der Waals surface area (Å²) in [6, 6.07) is 8.60. The molecule has 100 valence electrons. The predicted octanol–water partition coefficient (Wildman–Crippen LogP) is 1.81. The zero-order valence-electron chi connectivity index (χ0n) is 11.0. The third-order valence-corrected chi connectivity index (χ3v) is 3.18. The van der Waals surface area contributed by atoms with Gasteiger partial charge in [0, 0.05) is 18.2 Å². The maximum absolute atomic E-state index is 11.0. The highest BCUT2D eigenvalue weighted by atomic mass is 16.4. The summed E-state index contributed by atoms with van der Waals surface area (Å²) < 4.78 is 1.74. The Bertz CT molecular complexity index is 602. The highest BCUT2D eigenvalue weighted by molar-refractivity contribution is 5.88. The molecule has 0 unspecified atom stereocenters. The van der Waals surface area contributed by atoms with Gasteiger partial charge in [0.05, 0.1) is 16.9 Å². The lowest BCUT2D eigenvalue weighted by molar-refractivity contribution is 0.0697. The van der Waals surface area contributed by atoms with Crippen molar-refractivity contribution in [3.8, 4) is 5.69 Å². The highest BCUT2D eigenvalue weighted by Crippen LogP contribution is 2.24. The van der Waals surface area contributed by atoms with Gasteiger partial charge in [0.2, 0.25) is 0 Å². The number of carboxylic acids is 1. The number of carbonyl (C=O) groups is 1. The standard InChI is InChI=1S/C14H17N3O2/c1-14(2,9-15)12-6-7-16-17(12)11-5-3-4-10(8-11)13(18)19/h3-8H,9,15H2,1-2H3,(H,18,19). The Balaban J connectivity index is 2.52. The van der Waals surface area contributed by atoms with E-state index in [1.165, 1.54) is 0 Å². The normalized spacial score (nSPS) is 11.5. The van der Waals surface area contributed by atoms with Crippen molar-refractivity contribution >= 4 is 5.97 Å². The van der Waals surface area contributed by atoms with Crippen LogP contribution in [0.4, 0.5) is 0 Å². The second-order valence-corrected chi connectivity index (χ2v) is 5.07. The van der Waals surface area contributed by atoms with Crippen LogP contribution in [0.3, 0.4) is 0 Å². The molecule has 0 aliphatic rings. The largest absolute Gasteiger partial charge is 0.478 e. The van der Waals surface area contributed by atoms with Crippen molar-refractivity contribution in [1.29, 1.82) is 0 Å². The number of aromatic carboxylic acids is 1. The summed E-state index contributed by atoms with van der Waals surface area (Å²) in [5.41, 5.74) is 7.48. The first-order valence-electron chi connectivity index (χ1n) is 6.04. The van der Waals surface area contributed by atoms with Crippen molar-refractivity contribution in [1.82, 2.24) is 9.78 Å². The highest BCUT2D eigenvalue weighted by Gasteiger charge is 2.23. The van der Waals surface area contributed by atoms with Crippen LogP contribution in [0.5, 0.6) is 0 Å². The van der Waals surface area contributed by atoms with Crippen molar-refractivity contribution in [2.75, 3.05) is 6.54 Å². The molecule has 0 aliphatic carbocycles. The minimum Gasteiger partial charge on any atom is -0.478 e. The molecule has 19 heavy (non-hydrogen) atoms. The van der Waals surface area contributed by atoms with Gasteiger partial charge in [-0.15, -0.1) is 0 Å². The van der Waals surface area contributed by atoms with Crippen LogP contribution in [0.1, 0.15) is 29.9 Å². The Labute approximate surface area is 111 Å². The van der Waals surface area contributed by atoms with Gasteiger partial charge in [0.25, 0.3) is 0 Å². The average Bonchev–Trinajstić information content (AvgIpc) is 2.89. The number of carboxylic acid groups (broad SMARTS) is 1. The second kappa shape index (κ2) is 4.85. The maximum Gasteiger partial charge on any atom is 0.335 e. The van der Waals surface area contributed by atoms with E-state index in [2.05, 4.69) is 5.10 Å². The van der Waals surface area contributed by atoms with E-state index in [4.69, 9.17) is 10.8 Å². The van der Waals surface area contributed by atoms with E-state index in [1.807, 2.05) is 26.0 Å². The minimum atomic E-state index is -0.950. The lowest BCUT2D eigenvalue weighted by Gasteiger charge is -2.23. The van der Waals surface area contributed by atoms with E-state index in [-0.39, 0.29) is 11.0 Å². The Morgan fingerprint density at radius 2 is 2.16 bits per heavy atom. The molecule has 0 spiro atoms. The predicted molar refractivity (Wildman–Crippen MR) is 72.6 cm³/mol. The number of nitrogens with two attached hydrogens (primary N) is 1. The van der Waals surface area contributed by atoms with Crippen molar-refractivity contribution in [3.63, 3.8) is 0 Å². The van der Waals surface area contributed by atoms with Crippen LogP contribution in [0, 0.1) is 0 Å². The smallest absolute Gasteiger partial charge is 0.335 e. The van der Waals surface area contributed by atoms with Crippen LogP contribution >= 0.6 is 0 Å². The third kappa shape index (κ3) is 2.51. The molecule has 0 aliphatic heterocycles. The van der Waals surface area contributed by atoms with Crippen molar-refractivity contribution < 1.29 is 9.90 Å². The molecule has 0 amide bonds. The fraction of sp³-hybridized carbons (Fsp3) is 0.286. The van der Waals surface area contributed by atoms with Crippen LogP contribution in [-0.2, 0) is 5.41 Å². The molecule has 0 atom stereocenters. The summed E-state index contributed by atoms with van der Waals surface area (Å²) >= 11 is 0. The maximum atomic E-state index is 11.0. The summed E-state index contributed by atoms with van der Waals surface area (Å²) in [5.74, 6) is -0.950. The Morgan fingerprint density at radius 3 is 2.79 bits per heavy atom. The molecule has 5 heteroatoms. The fourth-order valence-electron chi connectivity index (χ4n) is 1.90. The first-order chi connectivity index (χ1) is 8.95. The van der Waals surface area contributed by atoms with Crippen LogP contribution in [0.25, 0.3) is 5.69 Å². The number of aromatic nitrogens is 2. The summed E-state index contributed by atoms with van der Waals surface area (Å²) in [6.45, 7) is 4.54. The first-order valence-corrected chi connectivity index (χ1v) is 6.04. The number of hydrogen-bond acceptors (Lipinski definition) is 3. The van der Waals surface area contributed by atoms with E-state index < -0.39 is 5.97 Å². The van der Waals surface area contributed by atoms with Crippen LogP contribution < -0.4 is 5.73 Å². The van der Waals surface area contributed by atoms with Gasteiger partial charge in [-0.05, 0) is 24.3 Å². The molecule has 1 aromatic carbocycles. The molecule has 0 saturated carbocycles. The van der Waals surface area contributed by atoms with Gasteiger partial charge >= 0.3 is 5.97 Å². The fourth-order valence-corrected chi connectivity index (χ4v) is 1.90. The van der Waals surface area contributed by atoms with E-state index in [0.29, 0.717) is 6.54 Å². The first kappa shape index (κ1) is 13.3. The van der Waals surface area contributed by atoms with Gasteiger partial charge in [0.15, 0.2) is 0 Å². The quantitative estimate of drug-likeness (QED) is 0.877. The van der Waals surface area contributed by atoms with Gasteiger partial charge in [-0.2, -0.15) is 5.10 Å². The molecule has 0 bridgehead atoms. The molecule has 3 N–H and O–H groups in total. The van der Waals surface area contributed by atoms with E-state index >= 15 is 0 Å². The van der Waals surface area contributed by atoms with Crippen molar-refractivity contribution in [2.45, 2.75) is 19.3 Å². The SMILES string of the molecule is CC(C)(CN)c1ccnn1-c1cccc(C(=O)O)c1. The van der Waals surface area contributed by atoms with Gasteiger partial charge in [0.1, 0.15) is 0 Å². The zero-order chi connectivity index (χ0) is 14.0. The Hall–Kier alpha value is -2.14. The Morgan fingerprint density at radius 1 is 1.42 bits per heavy atom. The molecular weight excluding hydrogens is 242 g/mol. The molecule has 0 radical (unpaired) electrons. The van der Waals surface area contributed by atoms with Gasteiger partial charge in [-0.25, -0.2) is 9.48 Å². The number of hydrogen-bond donors (Lipinski definition) is 2. The van der Waals surface area contributed by atoms with E-state index in [1.54, 1.807) is 29.1 Å². The second-order valence-electron chi connectivity index (χ2n) is 5.07. The van der Waals surface area contributed by atoms with Crippen LogP contribution in [-0.4, -0.2) is 27.4 Å². The third-order valence-electron chi connectivity index (χ3n) is 3.18. The van der Waals surface area contributed by atoms with Crippen LogP contribution in [0.2, 0.25) is 0 Å². The van der Waals surface area contributed by atoms with Gasteiger partial charge in [-0.1, -0.05) is 19.9 Å². The summed E-state index contributed by atoms with van der Waals surface area (Å²) in [4.78, 5) is 11.0. The van der Waals surface area contributed by atoms with Crippen LogP contribution in [0.15, 0.2) is 36.5 Å². The molecule has 0 fully saturated rings. The molecule has 5 nitrogen and oxygen atoms in total. The molecule has 2 rings (SSSR count). The topological polar surface area (TPSA) is 81.1 Å². The lowest BCUT2D eigenvalue weighted by atomic mass is 9.89. The Kier molecular flexibility index (Phi) is 3.40. The summed E-state index contributed by atoms with van der Waals surface area (Å²) in [6.07, 6.45) is 1.69. The summed E-state index contributed by atoms with van der Waals surface area (Å²) in [7, 11) is 0. The minimum absolute atomic E-state index is 0.226. The molecule has 0 saturated heterocycles. The molecule has 1 aromatic heterocycles. The lowest BCUT2D eigenvalue weighted by Crippen LogP contribution is -2.30.